The second kappa shape index (κ2) is 6.50. The van der Waals surface area contributed by atoms with Crippen LogP contribution in [-0.2, 0) is 9.59 Å². The van der Waals surface area contributed by atoms with Gasteiger partial charge in [-0.3, -0.25) is 9.59 Å². The van der Waals surface area contributed by atoms with Gasteiger partial charge in [0.05, 0.1) is 0 Å². The number of hydrogen-bond acceptors (Lipinski definition) is 4. The zero-order valence-electron chi connectivity index (χ0n) is 9.05. The van der Waals surface area contributed by atoms with Crippen LogP contribution in [0.4, 0.5) is 0 Å². The highest BCUT2D eigenvalue weighted by atomic mass is 79.9. The second-order valence-corrected chi connectivity index (χ2v) is 5.16. The molecule has 0 fully saturated rings. The molecule has 0 saturated heterocycles. The number of carboxylic acids is 2. The number of rotatable bonds is 6. The van der Waals surface area contributed by atoms with E-state index in [1.165, 1.54) is 11.3 Å². The third-order valence-electron chi connectivity index (χ3n) is 2.07. The molecule has 0 aliphatic rings. The number of hydrogen-bond donors (Lipinski definition) is 3. The minimum absolute atomic E-state index is 0.153. The van der Waals surface area contributed by atoms with Gasteiger partial charge in [-0.15, -0.1) is 11.3 Å². The van der Waals surface area contributed by atoms with E-state index in [-0.39, 0.29) is 12.8 Å². The van der Waals surface area contributed by atoms with Crippen LogP contribution < -0.4 is 5.32 Å². The Balaban J connectivity index is 2.67. The molecule has 1 atom stereocenters. The summed E-state index contributed by atoms with van der Waals surface area (Å²) < 4.78 is 0.576. The molecule has 1 unspecified atom stereocenters. The highest BCUT2D eigenvalue weighted by Gasteiger charge is 2.22. The molecule has 0 aromatic carbocycles. The van der Waals surface area contributed by atoms with Gasteiger partial charge >= 0.3 is 11.9 Å². The molecule has 8 heteroatoms. The molecule has 18 heavy (non-hydrogen) atoms. The summed E-state index contributed by atoms with van der Waals surface area (Å²) in [5.74, 6) is -2.89. The van der Waals surface area contributed by atoms with Crippen molar-refractivity contribution >= 4 is 45.1 Å². The maximum absolute atomic E-state index is 11.7. The van der Waals surface area contributed by atoms with Crippen molar-refractivity contribution in [3.05, 3.63) is 20.8 Å². The van der Waals surface area contributed by atoms with Crippen LogP contribution in [0.1, 0.15) is 22.5 Å². The third kappa shape index (κ3) is 4.11. The first-order valence-corrected chi connectivity index (χ1v) is 6.57. The van der Waals surface area contributed by atoms with Gasteiger partial charge < -0.3 is 15.5 Å². The molecule has 6 nitrogen and oxygen atoms in total. The minimum atomic E-state index is -1.25. The number of thiophene rings is 1. The SMILES string of the molecule is O=C(O)CCC(NC(=O)c1sccc1Br)C(=O)O. The Morgan fingerprint density at radius 1 is 1.39 bits per heavy atom. The Labute approximate surface area is 115 Å². The van der Waals surface area contributed by atoms with Crippen LogP contribution in [0.5, 0.6) is 0 Å². The molecule has 3 N–H and O–H groups in total. The number of aliphatic carboxylic acids is 2. The molecule has 1 heterocycles. The van der Waals surface area contributed by atoms with Gasteiger partial charge in [0.2, 0.25) is 0 Å². The molecule has 1 aromatic rings. The molecule has 1 amide bonds. The lowest BCUT2D eigenvalue weighted by atomic mass is 10.1. The molecule has 0 aliphatic heterocycles. The predicted molar refractivity (Wildman–Crippen MR) is 67.8 cm³/mol. The van der Waals surface area contributed by atoms with E-state index in [1.54, 1.807) is 11.4 Å². The van der Waals surface area contributed by atoms with Crippen LogP contribution in [0.2, 0.25) is 0 Å². The van der Waals surface area contributed by atoms with E-state index in [1.807, 2.05) is 0 Å². The number of carbonyl (C=O) groups is 3. The van der Waals surface area contributed by atoms with Crippen molar-refractivity contribution in [2.75, 3.05) is 0 Å². The van der Waals surface area contributed by atoms with Crippen molar-refractivity contribution in [2.24, 2.45) is 0 Å². The third-order valence-corrected chi connectivity index (χ3v) is 3.91. The molecular weight excluding hydrogens is 326 g/mol. The normalized spacial score (nSPS) is 11.8. The smallest absolute Gasteiger partial charge is 0.326 e. The van der Waals surface area contributed by atoms with Gasteiger partial charge in [-0.25, -0.2) is 4.79 Å². The number of carbonyl (C=O) groups excluding carboxylic acids is 1. The maximum atomic E-state index is 11.7. The van der Waals surface area contributed by atoms with E-state index in [0.717, 1.165) is 0 Å². The van der Waals surface area contributed by atoms with Crippen LogP contribution >= 0.6 is 27.3 Å². The van der Waals surface area contributed by atoms with Gasteiger partial charge in [-0.2, -0.15) is 0 Å². The minimum Gasteiger partial charge on any atom is -0.481 e. The Bertz CT molecular complexity index is 473. The summed E-state index contributed by atoms with van der Waals surface area (Å²) >= 11 is 4.33. The fourth-order valence-electron chi connectivity index (χ4n) is 1.20. The van der Waals surface area contributed by atoms with Crippen LogP contribution in [-0.4, -0.2) is 34.1 Å². The summed E-state index contributed by atoms with van der Waals surface area (Å²) in [7, 11) is 0. The first-order chi connectivity index (χ1) is 8.41. The molecular formula is C10H10BrNO5S. The molecule has 0 radical (unpaired) electrons. The first kappa shape index (κ1) is 14.7. The molecule has 0 saturated carbocycles. The largest absolute Gasteiger partial charge is 0.481 e. The summed E-state index contributed by atoms with van der Waals surface area (Å²) in [6, 6.07) is 0.467. The van der Waals surface area contributed by atoms with Crippen molar-refractivity contribution in [3.63, 3.8) is 0 Å². The Hall–Kier alpha value is -1.41. The highest BCUT2D eigenvalue weighted by molar-refractivity contribution is 9.10. The van der Waals surface area contributed by atoms with E-state index in [0.29, 0.717) is 9.35 Å². The number of halogens is 1. The zero-order valence-corrected chi connectivity index (χ0v) is 11.5. The molecule has 98 valence electrons. The predicted octanol–water partition coefficient (Wildman–Crippen LogP) is 1.56. The van der Waals surface area contributed by atoms with Crippen LogP contribution in [0.3, 0.4) is 0 Å². The van der Waals surface area contributed by atoms with E-state index in [4.69, 9.17) is 10.2 Å². The van der Waals surface area contributed by atoms with Gasteiger partial charge in [0.15, 0.2) is 0 Å². The summed E-state index contributed by atoms with van der Waals surface area (Å²) in [5, 5.41) is 21.4. The van der Waals surface area contributed by atoms with Gasteiger partial charge in [0.1, 0.15) is 10.9 Å². The van der Waals surface area contributed by atoms with Gasteiger partial charge in [-0.05, 0) is 33.8 Å². The number of nitrogens with one attached hydrogen (secondary N) is 1. The van der Waals surface area contributed by atoms with Gasteiger partial charge in [0.25, 0.3) is 5.91 Å². The van der Waals surface area contributed by atoms with Crippen molar-refractivity contribution in [3.8, 4) is 0 Å². The number of amides is 1. The summed E-state index contributed by atoms with van der Waals surface area (Å²) in [4.78, 5) is 33.4. The second-order valence-electron chi connectivity index (χ2n) is 3.39. The van der Waals surface area contributed by atoms with E-state index in [9.17, 15) is 14.4 Å². The number of carboxylic acid groups (broad SMARTS) is 2. The lowest BCUT2D eigenvalue weighted by Gasteiger charge is -2.12. The average Bonchev–Trinajstić information content (AvgIpc) is 2.69. The first-order valence-electron chi connectivity index (χ1n) is 4.90. The molecule has 1 aromatic heterocycles. The molecule has 1 rings (SSSR count). The standard InChI is InChI=1S/C10H10BrNO5S/c11-5-3-4-18-8(5)9(15)12-6(10(16)17)1-2-7(13)14/h3-4,6H,1-2H2,(H,12,15)(H,13,14)(H,16,17). The average molecular weight is 336 g/mol. The van der Waals surface area contributed by atoms with Crippen LogP contribution in [0, 0.1) is 0 Å². The molecule has 0 spiro atoms. The Morgan fingerprint density at radius 3 is 2.50 bits per heavy atom. The molecule has 0 bridgehead atoms. The Morgan fingerprint density at radius 2 is 2.06 bits per heavy atom. The summed E-state index contributed by atoms with van der Waals surface area (Å²) in [6.07, 6.45) is -0.470. The summed E-state index contributed by atoms with van der Waals surface area (Å²) in [6.45, 7) is 0. The molecule has 0 aliphatic carbocycles. The van der Waals surface area contributed by atoms with E-state index >= 15 is 0 Å². The lowest BCUT2D eigenvalue weighted by Crippen LogP contribution is -2.40. The van der Waals surface area contributed by atoms with Crippen molar-refractivity contribution in [1.29, 1.82) is 0 Å². The van der Waals surface area contributed by atoms with Crippen LogP contribution in [0.15, 0.2) is 15.9 Å². The van der Waals surface area contributed by atoms with E-state index in [2.05, 4.69) is 21.2 Å². The van der Waals surface area contributed by atoms with E-state index < -0.39 is 23.9 Å². The topological polar surface area (TPSA) is 104 Å². The highest BCUT2D eigenvalue weighted by Crippen LogP contribution is 2.22. The van der Waals surface area contributed by atoms with Crippen molar-refractivity contribution in [1.82, 2.24) is 5.32 Å². The van der Waals surface area contributed by atoms with Crippen molar-refractivity contribution < 1.29 is 24.6 Å². The monoisotopic (exact) mass is 335 g/mol. The van der Waals surface area contributed by atoms with Gasteiger partial charge in [-0.1, -0.05) is 0 Å². The lowest BCUT2D eigenvalue weighted by molar-refractivity contribution is -0.140. The fourth-order valence-corrected chi connectivity index (χ4v) is 2.66. The van der Waals surface area contributed by atoms with Gasteiger partial charge in [0, 0.05) is 10.9 Å². The Kier molecular flexibility index (Phi) is 5.29. The van der Waals surface area contributed by atoms with Crippen molar-refractivity contribution in [2.45, 2.75) is 18.9 Å². The van der Waals surface area contributed by atoms with Crippen LogP contribution in [0.25, 0.3) is 0 Å². The maximum Gasteiger partial charge on any atom is 0.326 e. The quantitative estimate of drug-likeness (QED) is 0.731. The zero-order chi connectivity index (χ0) is 13.7. The summed E-state index contributed by atoms with van der Waals surface area (Å²) in [5.41, 5.74) is 0. The fraction of sp³-hybridized carbons (Fsp3) is 0.300.